The van der Waals surface area contributed by atoms with E-state index in [4.69, 9.17) is 14.6 Å². The van der Waals surface area contributed by atoms with E-state index in [9.17, 15) is 33.9 Å². The Hall–Kier alpha value is -3.64. The molecule has 0 radical (unpaired) electrons. The van der Waals surface area contributed by atoms with E-state index in [0.29, 0.717) is 45.4 Å². The van der Waals surface area contributed by atoms with Crippen LogP contribution < -0.4 is 31.7 Å². The number of nitrogens with zero attached hydrogens (tertiary/aromatic N) is 2. The van der Waals surface area contributed by atoms with Crippen LogP contribution in [0.4, 0.5) is 0 Å². The molecule has 0 bridgehead atoms. The Kier molecular flexibility index (Phi) is 71.3. The molecule has 0 saturated heterocycles. The summed E-state index contributed by atoms with van der Waals surface area (Å²) in [5.74, 6) is -2.39. The van der Waals surface area contributed by atoms with Crippen molar-refractivity contribution in [1.29, 1.82) is 0 Å². The first-order valence-electron chi connectivity index (χ1n) is 28.0. The number of carbonyl (C=O) groups excluding carboxylic acids is 5. The predicted molar refractivity (Wildman–Crippen MR) is 285 cm³/mol. The summed E-state index contributed by atoms with van der Waals surface area (Å²) >= 11 is 0. The Bertz CT molecular complexity index is 1200. The second-order valence-electron chi connectivity index (χ2n) is 17.9. The summed E-state index contributed by atoms with van der Waals surface area (Å²) in [7, 11) is 7.58. The van der Waals surface area contributed by atoms with Gasteiger partial charge in [0.1, 0.15) is 39.3 Å². The average Bonchev–Trinajstić information content (AvgIpc) is 3.34. The molecule has 71 heavy (non-hydrogen) atoms. The van der Waals surface area contributed by atoms with Gasteiger partial charge >= 0.3 is 17.9 Å². The lowest BCUT2D eigenvalue weighted by atomic mass is 10.1. The van der Waals surface area contributed by atoms with Crippen molar-refractivity contribution in [3.8, 4) is 0 Å². The van der Waals surface area contributed by atoms with Gasteiger partial charge in [0.2, 0.25) is 11.8 Å². The monoisotopic (exact) mass is 1020 g/mol. The van der Waals surface area contributed by atoms with Gasteiger partial charge in [0.05, 0.1) is 26.8 Å². The normalized spacial score (nSPS) is 10.3. The number of quaternary nitrogens is 4. The fourth-order valence-corrected chi connectivity index (χ4v) is 6.37. The van der Waals surface area contributed by atoms with Crippen molar-refractivity contribution in [2.75, 3.05) is 107 Å². The van der Waals surface area contributed by atoms with E-state index in [2.05, 4.69) is 68.3 Å². The van der Waals surface area contributed by atoms with Crippen molar-refractivity contribution in [3.63, 3.8) is 0 Å². The topological polar surface area (TPSA) is 249 Å². The van der Waals surface area contributed by atoms with Crippen molar-refractivity contribution in [3.05, 3.63) is 12.2 Å². The third kappa shape index (κ3) is 75.4. The van der Waals surface area contributed by atoms with E-state index >= 15 is 0 Å². The van der Waals surface area contributed by atoms with Gasteiger partial charge in [-0.15, -0.1) is 0 Å². The predicted octanol–water partition coefficient (Wildman–Crippen LogP) is 2.91. The molecule has 422 valence electrons. The molecular weight excluding hydrogens is 907 g/mol. The van der Waals surface area contributed by atoms with E-state index in [1.165, 1.54) is 102 Å². The van der Waals surface area contributed by atoms with Crippen molar-refractivity contribution >= 4 is 35.7 Å². The molecular formula is C54H114N7O10+3. The highest BCUT2D eigenvalue weighted by molar-refractivity contribution is 5.93. The Morgan fingerprint density at radius 2 is 0.930 bits per heavy atom. The maximum absolute atomic E-state index is 11.7. The van der Waals surface area contributed by atoms with Gasteiger partial charge < -0.3 is 60.9 Å². The molecule has 2 amide bonds. The Morgan fingerprint density at radius 3 is 1.32 bits per heavy atom. The number of nitrogens with one attached hydrogen (secondary N) is 1. The van der Waals surface area contributed by atoms with Crippen molar-refractivity contribution in [2.24, 2.45) is 0 Å². The molecule has 0 saturated carbocycles. The molecule has 0 unspecified atom stereocenters. The van der Waals surface area contributed by atoms with Gasteiger partial charge in [-0.25, -0.2) is 4.79 Å². The highest BCUT2D eigenvalue weighted by atomic mass is 16.5. The van der Waals surface area contributed by atoms with Crippen LogP contribution in [0.2, 0.25) is 0 Å². The fourth-order valence-electron chi connectivity index (χ4n) is 6.37. The number of rotatable bonds is 43. The third-order valence-electron chi connectivity index (χ3n) is 10.6. The number of hydrogen-bond acceptors (Lipinski definition) is 10. The van der Waals surface area contributed by atoms with E-state index < -0.39 is 11.9 Å². The highest BCUT2D eigenvalue weighted by Crippen LogP contribution is 2.08. The van der Waals surface area contributed by atoms with Crippen molar-refractivity contribution < 1.29 is 69.7 Å². The summed E-state index contributed by atoms with van der Waals surface area (Å²) in [6.07, 6.45) is 24.1. The second kappa shape index (κ2) is 66.4. The lowest BCUT2D eigenvalue weighted by Crippen LogP contribution is -3.00. The maximum atomic E-state index is 11.7. The number of unbranched alkanes of at least 4 members (excludes halogenated alkanes) is 12. The molecule has 0 aromatic rings. The lowest BCUT2D eigenvalue weighted by molar-refractivity contribution is -0.760. The molecule has 0 rings (SSSR count). The summed E-state index contributed by atoms with van der Waals surface area (Å²) in [6, 6.07) is 0. The number of carboxylic acid groups (broad SMARTS) is 2. The zero-order valence-corrected chi connectivity index (χ0v) is 47.4. The number of hydrogen-bond donors (Lipinski definition) is 6. The maximum Gasteiger partial charge on any atom is 0.328 e. The molecule has 0 aromatic carbocycles. The summed E-state index contributed by atoms with van der Waals surface area (Å²) in [4.78, 5) is 68.9. The molecule has 17 heteroatoms. The number of nitrogens with two attached hydrogens (primary N) is 4. The summed E-state index contributed by atoms with van der Waals surface area (Å²) in [5, 5.41) is 30.9. The SMILES string of the molecule is CCCCCCCC(=O)OCCCCCC(=O)N(C)CCC.CCCCCCCC(=O)OCCCCCC(=O)[O-].CCCN(C)C(=O)/C=C/C(=O)O.CCCNC.CCC[NH2+]CC[NH2+]CC[NH2+]CC[NH2+]C. The van der Waals surface area contributed by atoms with Gasteiger partial charge in [-0.3, -0.25) is 19.2 Å². The Balaban J connectivity index is -0.000000269. The average molecular weight is 1020 g/mol. The van der Waals surface area contributed by atoms with Gasteiger partial charge in [0.15, 0.2) is 0 Å². The summed E-state index contributed by atoms with van der Waals surface area (Å²) in [6.45, 7) is 25.1. The zero-order valence-electron chi connectivity index (χ0n) is 47.4. The number of esters is 2. The van der Waals surface area contributed by atoms with Crippen molar-refractivity contribution in [1.82, 2.24) is 15.1 Å². The van der Waals surface area contributed by atoms with E-state index in [-0.39, 0.29) is 30.2 Å². The Labute approximate surface area is 433 Å². The molecule has 0 spiro atoms. The molecule has 0 heterocycles. The largest absolute Gasteiger partial charge is 0.550 e. The molecule has 17 nitrogen and oxygen atoms in total. The molecule has 0 aromatic heterocycles. The van der Waals surface area contributed by atoms with Crippen LogP contribution in [0.3, 0.4) is 0 Å². The summed E-state index contributed by atoms with van der Waals surface area (Å²) in [5.41, 5.74) is 0. The number of aliphatic carboxylic acids is 2. The van der Waals surface area contributed by atoms with Crippen molar-refractivity contribution in [2.45, 2.75) is 196 Å². The quantitative estimate of drug-likeness (QED) is 0.0295. The molecule has 0 aliphatic heterocycles. The highest BCUT2D eigenvalue weighted by Gasteiger charge is 2.08. The first kappa shape index (κ1) is 76.3. The van der Waals surface area contributed by atoms with E-state index in [0.717, 1.165) is 95.9 Å². The smallest absolute Gasteiger partial charge is 0.328 e. The zero-order chi connectivity index (χ0) is 54.4. The second-order valence-corrected chi connectivity index (χ2v) is 17.9. The molecule has 10 N–H and O–H groups in total. The standard InChI is InChI=1S/C18H35NO3.C14H26O4.C10H26N4.C8H13NO3.C4H11N/c1-4-6-7-8-11-14-18(21)22-16-12-9-10-13-17(20)19(3)15-5-2;1-2-3-4-5-8-11-14(17)18-12-9-6-7-10-13(15)16;1-3-4-12-7-8-14-10-9-13-6-5-11-2;1-3-6-9(2)7(10)4-5-8(11)12;1-3-4-5-2/h4-16H2,1-3H3;2-12H2,1H3,(H,15,16);11-14H,3-10H2,1-2H3;4-5H,3,6H2,1-2H3,(H,11,12);5H,3-4H2,1-2H3/p+3/b;;;5-4+;. The number of carbonyl (C=O) groups is 6. The van der Waals surface area contributed by atoms with Crippen LogP contribution in [0.5, 0.6) is 0 Å². The van der Waals surface area contributed by atoms with Crippen LogP contribution in [0.1, 0.15) is 196 Å². The van der Waals surface area contributed by atoms with Gasteiger partial charge in [0.25, 0.3) is 0 Å². The van der Waals surface area contributed by atoms with E-state index in [1.807, 2.05) is 21.0 Å². The van der Waals surface area contributed by atoms with E-state index in [1.54, 1.807) is 11.9 Å². The van der Waals surface area contributed by atoms with Crippen LogP contribution >= 0.6 is 0 Å². The van der Waals surface area contributed by atoms with Gasteiger partial charge in [0, 0.05) is 64.6 Å². The Morgan fingerprint density at radius 1 is 0.507 bits per heavy atom. The van der Waals surface area contributed by atoms with Crippen LogP contribution in [-0.2, 0) is 38.2 Å². The lowest BCUT2D eigenvalue weighted by Gasteiger charge is -2.15. The number of amides is 2. The van der Waals surface area contributed by atoms with Crippen LogP contribution in [0.25, 0.3) is 0 Å². The van der Waals surface area contributed by atoms with Crippen LogP contribution in [0, 0.1) is 0 Å². The number of likely N-dealkylation sites (N-methyl/N-ethyl adjacent to an activating group) is 2. The van der Waals surface area contributed by atoms with Gasteiger partial charge in [-0.1, -0.05) is 92.9 Å². The van der Waals surface area contributed by atoms with Gasteiger partial charge in [-0.2, -0.15) is 0 Å². The summed E-state index contributed by atoms with van der Waals surface area (Å²) < 4.78 is 10.3. The van der Waals surface area contributed by atoms with Crippen LogP contribution in [-0.4, -0.2) is 157 Å². The first-order valence-corrected chi connectivity index (χ1v) is 28.0. The molecule has 0 aliphatic rings. The van der Waals surface area contributed by atoms with Crippen LogP contribution in [0.15, 0.2) is 12.2 Å². The minimum absolute atomic E-state index is 0.0738. The minimum atomic E-state index is -1.10. The first-order chi connectivity index (χ1) is 34.2. The molecule has 0 fully saturated rings. The minimum Gasteiger partial charge on any atom is -0.550 e. The fraction of sp³-hybridized carbons (Fsp3) is 0.852. The number of ether oxygens (including phenoxy) is 2. The number of carboxylic acids is 2. The molecule has 0 aliphatic carbocycles. The molecule has 0 atom stereocenters. The van der Waals surface area contributed by atoms with Gasteiger partial charge in [-0.05, 0) is 97.1 Å². The third-order valence-corrected chi connectivity index (χ3v) is 10.6.